The normalized spacial score (nSPS) is 12.0. The van der Waals surface area contributed by atoms with Crippen molar-refractivity contribution in [3.05, 3.63) is 48.0 Å². The van der Waals surface area contributed by atoms with Crippen molar-refractivity contribution in [2.75, 3.05) is 26.9 Å². The average Bonchev–Trinajstić information content (AvgIpc) is 2.66. The molecule has 0 fully saturated rings. The Morgan fingerprint density at radius 1 is 1.04 bits per heavy atom. The molecule has 1 N–H and O–H groups in total. The fraction of sp³-hybridized carbons (Fsp3) is 0.400. The third kappa shape index (κ3) is 6.45. The van der Waals surface area contributed by atoms with E-state index in [0.717, 1.165) is 17.1 Å². The first kappa shape index (κ1) is 21.1. The molecule has 7 heteroatoms. The summed E-state index contributed by atoms with van der Waals surface area (Å²) in [6.07, 6.45) is 0.704. The Hall–Kier alpha value is -2.25. The Balaban J connectivity index is 1.83. The van der Waals surface area contributed by atoms with Crippen molar-refractivity contribution >= 4 is 10.7 Å². The van der Waals surface area contributed by atoms with Crippen LogP contribution in [0.3, 0.4) is 0 Å². The third-order valence-electron chi connectivity index (χ3n) is 3.98. The lowest BCUT2D eigenvalue weighted by atomic mass is 10.1. The molecule has 148 valence electrons. The van der Waals surface area contributed by atoms with E-state index in [1.165, 1.54) is 7.11 Å². The van der Waals surface area contributed by atoms with Crippen molar-refractivity contribution in [1.29, 1.82) is 0 Å². The number of hydrogen-bond donors (Lipinski definition) is 2. The van der Waals surface area contributed by atoms with Crippen molar-refractivity contribution in [3.8, 4) is 17.2 Å². The van der Waals surface area contributed by atoms with E-state index in [9.17, 15) is 8.42 Å². The zero-order valence-corrected chi connectivity index (χ0v) is 16.8. The van der Waals surface area contributed by atoms with Crippen molar-refractivity contribution in [3.63, 3.8) is 0 Å². The number of rotatable bonds is 11. The number of thiol groups is 1. The van der Waals surface area contributed by atoms with Crippen molar-refractivity contribution < 1.29 is 22.6 Å². The Bertz CT molecular complexity index is 799. The molecule has 0 aromatic heterocycles. The molecule has 6 nitrogen and oxygen atoms in total. The second-order valence-electron chi connectivity index (χ2n) is 6.05. The monoisotopic (exact) mass is 393 g/mol. The van der Waals surface area contributed by atoms with Gasteiger partial charge in [0.2, 0.25) is 0 Å². The number of nitrogens with one attached hydrogen (secondary N) is 1. The first-order valence-electron chi connectivity index (χ1n) is 8.94. The molecule has 0 aliphatic carbocycles. The van der Waals surface area contributed by atoms with E-state index in [0.29, 0.717) is 31.9 Å². The van der Waals surface area contributed by atoms with Gasteiger partial charge in [-0.2, -0.15) is 0 Å². The maximum Gasteiger partial charge on any atom is 0.171 e. The molecule has 0 aliphatic rings. The van der Waals surface area contributed by atoms with Gasteiger partial charge < -0.3 is 19.5 Å². The van der Waals surface area contributed by atoms with Crippen LogP contribution in [0.2, 0.25) is 0 Å². The lowest BCUT2D eigenvalue weighted by Gasteiger charge is -2.16. The standard InChI is InChI=1S/C20H27NO5S/c1-4-25-17-7-5-6-8-18(17)26-12-11-21-15(2)13-16-9-10-19(24-3)20(14-16)27(22)23/h5-10,14-15,21,27H,4,11-13H2,1-3H3/t15-/m1/s1. The number of ether oxygens (including phenoxy) is 3. The smallest absolute Gasteiger partial charge is 0.171 e. The molecule has 0 saturated carbocycles. The Labute approximate surface area is 162 Å². The summed E-state index contributed by atoms with van der Waals surface area (Å²) in [4.78, 5) is 0.216. The van der Waals surface area contributed by atoms with E-state index in [1.807, 2.05) is 37.3 Å². The molecular formula is C20H27NO5S. The Morgan fingerprint density at radius 3 is 2.37 bits per heavy atom. The summed E-state index contributed by atoms with van der Waals surface area (Å²) < 4.78 is 39.1. The highest BCUT2D eigenvalue weighted by molar-refractivity contribution is 7.72. The van der Waals surface area contributed by atoms with Gasteiger partial charge in [-0.05, 0) is 50.1 Å². The molecule has 2 rings (SSSR count). The van der Waals surface area contributed by atoms with E-state index in [2.05, 4.69) is 12.2 Å². The summed E-state index contributed by atoms with van der Waals surface area (Å²) in [6, 6.07) is 13.0. The number of benzene rings is 2. The van der Waals surface area contributed by atoms with Crippen LogP contribution in [0, 0.1) is 0 Å². The van der Waals surface area contributed by atoms with Crippen LogP contribution >= 0.6 is 0 Å². The van der Waals surface area contributed by atoms with Crippen LogP contribution in [0.1, 0.15) is 19.4 Å². The van der Waals surface area contributed by atoms with Crippen LogP contribution in [0.4, 0.5) is 0 Å². The van der Waals surface area contributed by atoms with Crippen LogP contribution in [0.15, 0.2) is 47.4 Å². The van der Waals surface area contributed by atoms with Crippen molar-refractivity contribution in [1.82, 2.24) is 5.32 Å². The fourth-order valence-corrected chi connectivity index (χ4v) is 3.36. The number of para-hydroxylation sites is 2. The van der Waals surface area contributed by atoms with E-state index in [-0.39, 0.29) is 10.9 Å². The number of hydrogen-bond acceptors (Lipinski definition) is 6. The highest BCUT2D eigenvalue weighted by Crippen LogP contribution is 2.26. The lowest BCUT2D eigenvalue weighted by Crippen LogP contribution is -2.31. The van der Waals surface area contributed by atoms with E-state index in [1.54, 1.807) is 12.1 Å². The quantitative estimate of drug-likeness (QED) is 0.452. The van der Waals surface area contributed by atoms with Gasteiger partial charge in [0.25, 0.3) is 0 Å². The predicted octanol–water partition coefficient (Wildman–Crippen LogP) is 2.66. The van der Waals surface area contributed by atoms with Gasteiger partial charge in [0.05, 0.1) is 13.7 Å². The first-order chi connectivity index (χ1) is 13.0. The summed E-state index contributed by atoms with van der Waals surface area (Å²) in [5.41, 5.74) is 0.938. The summed E-state index contributed by atoms with van der Waals surface area (Å²) in [5, 5.41) is 3.38. The summed E-state index contributed by atoms with van der Waals surface area (Å²) in [6.45, 7) is 5.76. The van der Waals surface area contributed by atoms with Crippen molar-refractivity contribution in [2.45, 2.75) is 31.2 Å². The summed E-state index contributed by atoms with van der Waals surface area (Å²) in [7, 11) is -1.22. The topological polar surface area (TPSA) is 73.9 Å². The van der Waals surface area contributed by atoms with Gasteiger partial charge in [-0.15, -0.1) is 0 Å². The van der Waals surface area contributed by atoms with Gasteiger partial charge in [-0.3, -0.25) is 0 Å². The average molecular weight is 394 g/mol. The molecule has 0 unspecified atom stereocenters. The minimum atomic E-state index is -2.69. The first-order valence-corrected chi connectivity index (χ1v) is 10.1. The van der Waals surface area contributed by atoms with Crippen LogP contribution in [-0.4, -0.2) is 41.3 Å². The Kier molecular flexibility index (Phi) is 8.42. The predicted molar refractivity (Wildman–Crippen MR) is 106 cm³/mol. The second-order valence-corrected chi connectivity index (χ2v) is 7.05. The largest absolute Gasteiger partial charge is 0.495 e. The van der Waals surface area contributed by atoms with Crippen LogP contribution in [0.25, 0.3) is 0 Å². The third-order valence-corrected chi connectivity index (χ3v) is 4.73. The van der Waals surface area contributed by atoms with E-state index < -0.39 is 10.7 Å². The summed E-state index contributed by atoms with van der Waals surface area (Å²) in [5.74, 6) is 1.84. The molecule has 0 radical (unpaired) electrons. The summed E-state index contributed by atoms with van der Waals surface area (Å²) >= 11 is 0. The molecule has 2 aromatic carbocycles. The molecule has 2 aromatic rings. The zero-order valence-electron chi connectivity index (χ0n) is 15.9. The van der Waals surface area contributed by atoms with Gasteiger partial charge in [-0.1, -0.05) is 18.2 Å². The van der Waals surface area contributed by atoms with Crippen LogP contribution in [0.5, 0.6) is 17.2 Å². The second kappa shape index (κ2) is 10.8. The Morgan fingerprint density at radius 2 is 1.74 bits per heavy atom. The highest BCUT2D eigenvalue weighted by atomic mass is 32.2. The van der Waals surface area contributed by atoms with E-state index >= 15 is 0 Å². The van der Waals surface area contributed by atoms with Crippen molar-refractivity contribution in [2.24, 2.45) is 0 Å². The molecule has 0 bridgehead atoms. The molecular weight excluding hydrogens is 366 g/mol. The number of methoxy groups -OCH3 is 1. The maximum atomic E-state index is 11.4. The zero-order chi connectivity index (χ0) is 19.6. The van der Waals surface area contributed by atoms with Gasteiger partial charge in [0.15, 0.2) is 22.2 Å². The maximum absolute atomic E-state index is 11.4. The van der Waals surface area contributed by atoms with E-state index in [4.69, 9.17) is 14.2 Å². The molecule has 0 heterocycles. The lowest BCUT2D eigenvalue weighted by molar-refractivity contribution is 0.272. The van der Waals surface area contributed by atoms with Gasteiger partial charge in [-0.25, -0.2) is 8.42 Å². The molecule has 27 heavy (non-hydrogen) atoms. The minimum Gasteiger partial charge on any atom is -0.495 e. The minimum absolute atomic E-state index is 0.168. The molecule has 0 aliphatic heterocycles. The molecule has 1 atom stereocenters. The van der Waals surface area contributed by atoms with Gasteiger partial charge in [0.1, 0.15) is 17.3 Å². The SMILES string of the molecule is CCOc1ccccc1OCCN[C@H](C)Cc1ccc(OC)c([SH](=O)=O)c1. The fourth-order valence-electron chi connectivity index (χ4n) is 2.74. The van der Waals surface area contributed by atoms with Crippen LogP contribution < -0.4 is 19.5 Å². The molecule has 0 amide bonds. The van der Waals surface area contributed by atoms with Crippen LogP contribution in [-0.2, 0) is 17.1 Å². The van der Waals surface area contributed by atoms with Gasteiger partial charge >= 0.3 is 0 Å². The highest BCUT2D eigenvalue weighted by Gasteiger charge is 2.10. The molecule has 0 spiro atoms. The molecule has 0 saturated heterocycles. The van der Waals surface area contributed by atoms with Gasteiger partial charge in [0, 0.05) is 12.6 Å².